The topological polar surface area (TPSA) is 6.48 Å². The number of nitrogens with zero attached hydrogens (tertiary/aromatic N) is 2. The lowest BCUT2D eigenvalue weighted by Crippen LogP contribution is -2.42. The molecule has 1 saturated carbocycles. The third kappa shape index (κ3) is 0.974. The maximum atomic E-state index is 2.65. The van der Waals surface area contributed by atoms with Crippen molar-refractivity contribution in [1.29, 1.82) is 0 Å². The van der Waals surface area contributed by atoms with E-state index in [1.165, 1.54) is 19.4 Å². The second-order valence-electron chi connectivity index (χ2n) is 5.82. The van der Waals surface area contributed by atoms with E-state index in [0.717, 1.165) is 17.9 Å². The van der Waals surface area contributed by atoms with Crippen molar-refractivity contribution >= 4 is 0 Å². The lowest BCUT2D eigenvalue weighted by atomic mass is 10.0. The van der Waals surface area contributed by atoms with Gasteiger partial charge in [0.05, 0.1) is 0 Å². The van der Waals surface area contributed by atoms with Crippen LogP contribution < -0.4 is 0 Å². The first kappa shape index (κ1) is 9.86. The van der Waals surface area contributed by atoms with Crippen molar-refractivity contribution in [3.8, 4) is 0 Å². The fourth-order valence-electron chi connectivity index (χ4n) is 4.10. The molecule has 3 rings (SSSR count). The number of allylic oxidation sites excluding steroid dienone is 1. The zero-order valence-corrected chi connectivity index (χ0v) is 10.3. The molecule has 3 aliphatic rings. The smallest absolute Gasteiger partial charge is 0.103 e. The monoisotopic (exact) mass is 206 g/mol. The van der Waals surface area contributed by atoms with E-state index in [1.807, 2.05) is 0 Å². The van der Waals surface area contributed by atoms with Crippen LogP contribution in [0.5, 0.6) is 0 Å². The van der Waals surface area contributed by atoms with E-state index in [0.29, 0.717) is 5.66 Å². The summed E-state index contributed by atoms with van der Waals surface area (Å²) in [6.07, 6.45) is 5.19. The van der Waals surface area contributed by atoms with Crippen LogP contribution in [0.15, 0.2) is 11.6 Å². The highest BCUT2D eigenvalue weighted by atomic mass is 15.5. The van der Waals surface area contributed by atoms with Crippen molar-refractivity contribution in [1.82, 2.24) is 9.80 Å². The summed E-state index contributed by atoms with van der Waals surface area (Å²) in [5.41, 5.74) is 2.07. The molecule has 0 aromatic heterocycles. The fourth-order valence-corrected chi connectivity index (χ4v) is 4.10. The predicted molar refractivity (Wildman–Crippen MR) is 62.6 cm³/mol. The van der Waals surface area contributed by atoms with Crippen molar-refractivity contribution in [3.63, 3.8) is 0 Å². The summed E-state index contributed by atoms with van der Waals surface area (Å²) in [6, 6.07) is 0.737. The molecule has 3 unspecified atom stereocenters. The molecule has 2 fully saturated rings. The van der Waals surface area contributed by atoms with Gasteiger partial charge in [0.1, 0.15) is 5.66 Å². The molecule has 1 aliphatic heterocycles. The van der Waals surface area contributed by atoms with Crippen LogP contribution in [0.3, 0.4) is 0 Å². The molecule has 0 aromatic rings. The molecule has 15 heavy (non-hydrogen) atoms. The molecule has 2 heteroatoms. The quantitative estimate of drug-likeness (QED) is 0.605. The van der Waals surface area contributed by atoms with E-state index in [4.69, 9.17) is 0 Å². The molecule has 3 atom stereocenters. The minimum atomic E-state index is 0.354. The Bertz CT molecular complexity index is 320. The molecular formula is C13H22N2. The van der Waals surface area contributed by atoms with Gasteiger partial charge in [0.25, 0.3) is 0 Å². The van der Waals surface area contributed by atoms with Crippen LogP contribution in [0.2, 0.25) is 0 Å². The summed E-state index contributed by atoms with van der Waals surface area (Å²) in [7, 11) is 4.63. The largest absolute Gasteiger partial charge is 0.283 e. The summed E-state index contributed by atoms with van der Waals surface area (Å²) < 4.78 is 0. The van der Waals surface area contributed by atoms with E-state index in [-0.39, 0.29) is 0 Å². The molecule has 84 valence electrons. The molecule has 2 nitrogen and oxygen atoms in total. The van der Waals surface area contributed by atoms with Crippen LogP contribution >= 0.6 is 0 Å². The summed E-state index contributed by atoms with van der Waals surface area (Å²) in [4.78, 5) is 5.24. The van der Waals surface area contributed by atoms with Crippen molar-refractivity contribution in [2.24, 2.45) is 11.8 Å². The van der Waals surface area contributed by atoms with Gasteiger partial charge in [0.2, 0.25) is 0 Å². The molecule has 0 bridgehead atoms. The lowest BCUT2D eigenvalue weighted by Gasteiger charge is -2.30. The molecule has 1 saturated heterocycles. The van der Waals surface area contributed by atoms with Gasteiger partial charge in [-0.25, -0.2) is 0 Å². The average molecular weight is 206 g/mol. The zero-order valence-electron chi connectivity index (χ0n) is 10.3. The first-order valence-electron chi connectivity index (χ1n) is 6.24. The average Bonchev–Trinajstić information content (AvgIpc) is 2.52. The van der Waals surface area contributed by atoms with Crippen molar-refractivity contribution in [3.05, 3.63) is 11.6 Å². The third-order valence-corrected chi connectivity index (χ3v) is 4.87. The first-order valence-corrected chi connectivity index (χ1v) is 6.24. The molecule has 0 radical (unpaired) electrons. The molecule has 0 N–H and O–H groups in total. The Labute approximate surface area is 92.9 Å². The van der Waals surface area contributed by atoms with Crippen LogP contribution in [-0.4, -0.2) is 42.1 Å². The number of fused-ring (bicyclic) bond motifs is 3. The number of rotatable bonds is 1. The van der Waals surface area contributed by atoms with E-state index < -0.39 is 0 Å². The first-order chi connectivity index (χ1) is 7.10. The van der Waals surface area contributed by atoms with Gasteiger partial charge >= 0.3 is 0 Å². The van der Waals surface area contributed by atoms with Crippen LogP contribution in [0.1, 0.15) is 26.7 Å². The summed E-state index contributed by atoms with van der Waals surface area (Å²) in [5, 5.41) is 0. The van der Waals surface area contributed by atoms with Gasteiger partial charge in [-0.2, -0.15) is 0 Å². The number of hydrogen-bond acceptors (Lipinski definition) is 2. The van der Waals surface area contributed by atoms with Gasteiger partial charge in [0.15, 0.2) is 0 Å². The maximum Gasteiger partial charge on any atom is 0.103 e. The van der Waals surface area contributed by atoms with Crippen molar-refractivity contribution in [2.45, 2.75) is 38.4 Å². The van der Waals surface area contributed by atoms with Gasteiger partial charge in [-0.1, -0.05) is 19.9 Å². The van der Waals surface area contributed by atoms with E-state index in [9.17, 15) is 0 Å². The lowest BCUT2D eigenvalue weighted by molar-refractivity contribution is 0.120. The third-order valence-electron chi connectivity index (χ3n) is 4.87. The highest BCUT2D eigenvalue weighted by Gasteiger charge is 2.69. The molecular weight excluding hydrogens is 184 g/mol. The Morgan fingerprint density at radius 1 is 1.40 bits per heavy atom. The minimum absolute atomic E-state index is 0.354. The Kier molecular flexibility index (Phi) is 1.88. The number of hydrogen-bond donors (Lipinski definition) is 0. The SMILES string of the molecule is CC(C)C1CN(C)C2(C3=CCCC32)N1C. The van der Waals surface area contributed by atoms with Crippen LogP contribution in [0.4, 0.5) is 0 Å². The number of likely N-dealkylation sites (N-methyl/N-ethyl adjacent to an activating group) is 2. The van der Waals surface area contributed by atoms with E-state index in [2.05, 4.69) is 43.8 Å². The van der Waals surface area contributed by atoms with Gasteiger partial charge < -0.3 is 0 Å². The van der Waals surface area contributed by atoms with Crippen LogP contribution in [-0.2, 0) is 0 Å². The molecule has 2 aliphatic carbocycles. The summed E-state index contributed by atoms with van der Waals surface area (Å²) in [6.45, 7) is 5.93. The minimum Gasteiger partial charge on any atom is -0.283 e. The van der Waals surface area contributed by atoms with E-state index >= 15 is 0 Å². The Hall–Kier alpha value is -0.340. The Morgan fingerprint density at radius 3 is 2.60 bits per heavy atom. The molecule has 0 amide bonds. The molecule has 1 heterocycles. The highest BCUT2D eigenvalue weighted by molar-refractivity contribution is 5.48. The predicted octanol–water partition coefficient (Wildman–Crippen LogP) is 1.93. The second-order valence-corrected chi connectivity index (χ2v) is 5.82. The van der Waals surface area contributed by atoms with Gasteiger partial charge in [-0.3, -0.25) is 9.80 Å². The normalized spacial score (nSPS) is 45.3. The fraction of sp³-hybridized carbons (Fsp3) is 0.846. The van der Waals surface area contributed by atoms with Gasteiger partial charge in [0, 0.05) is 18.5 Å². The standard InChI is InChI=1S/C13H22N2/c1-9(2)12-8-14(3)13(15(12)4)10-6-5-7-11(10)13/h6,9,11-12H,5,7-8H2,1-4H3. The maximum absolute atomic E-state index is 2.65. The Balaban J connectivity index is 1.92. The van der Waals surface area contributed by atoms with E-state index in [1.54, 1.807) is 5.57 Å². The van der Waals surface area contributed by atoms with Crippen LogP contribution in [0, 0.1) is 11.8 Å². The Morgan fingerprint density at radius 2 is 2.13 bits per heavy atom. The van der Waals surface area contributed by atoms with Gasteiger partial charge in [-0.05, 0) is 38.4 Å². The van der Waals surface area contributed by atoms with Crippen LogP contribution in [0.25, 0.3) is 0 Å². The van der Waals surface area contributed by atoms with Crippen molar-refractivity contribution in [2.75, 3.05) is 20.6 Å². The molecule has 1 spiro atoms. The van der Waals surface area contributed by atoms with Gasteiger partial charge in [-0.15, -0.1) is 0 Å². The van der Waals surface area contributed by atoms with Crippen molar-refractivity contribution < 1.29 is 0 Å². The second kappa shape index (κ2) is 2.86. The summed E-state index contributed by atoms with van der Waals surface area (Å²) in [5.74, 6) is 1.62. The highest BCUT2D eigenvalue weighted by Crippen LogP contribution is 2.64. The zero-order chi connectivity index (χ0) is 10.8. The summed E-state index contributed by atoms with van der Waals surface area (Å²) >= 11 is 0. The molecule has 0 aromatic carbocycles.